The molecule has 158 valence electrons. The second kappa shape index (κ2) is 8.59. The number of aromatic nitrogens is 2. The molecule has 1 amide bonds. The smallest absolute Gasteiger partial charge is 0.244 e. The molecule has 9 heteroatoms. The standard InChI is InChI=1S/C21H23ClN4O3S/c1-14-18(15(2)26(24-14)17-11-9-16(22)10-12-17)13-21(27)23-19-7-5-6-8-20(19)30(28,29)25(3)4/h5-12H,13H2,1-4H3,(H,23,27). The Labute approximate surface area is 181 Å². The maximum atomic E-state index is 12.8. The van der Waals surface area contributed by atoms with Crippen molar-refractivity contribution in [2.75, 3.05) is 19.4 Å². The minimum absolute atomic E-state index is 0.0497. The van der Waals surface area contributed by atoms with Crippen molar-refractivity contribution in [3.05, 3.63) is 70.5 Å². The third-order valence-electron chi connectivity index (χ3n) is 4.77. The van der Waals surface area contributed by atoms with Gasteiger partial charge in [0.25, 0.3) is 0 Å². The Morgan fingerprint density at radius 1 is 1.10 bits per heavy atom. The maximum Gasteiger partial charge on any atom is 0.244 e. The lowest BCUT2D eigenvalue weighted by molar-refractivity contribution is -0.115. The van der Waals surface area contributed by atoms with Gasteiger partial charge in [-0.15, -0.1) is 0 Å². The SMILES string of the molecule is Cc1nn(-c2ccc(Cl)cc2)c(C)c1CC(=O)Nc1ccccc1S(=O)(=O)N(C)C. The molecule has 30 heavy (non-hydrogen) atoms. The van der Waals surface area contributed by atoms with E-state index in [0.29, 0.717) is 5.02 Å². The van der Waals surface area contributed by atoms with Crippen LogP contribution in [0.3, 0.4) is 0 Å². The topological polar surface area (TPSA) is 84.3 Å². The summed E-state index contributed by atoms with van der Waals surface area (Å²) in [5.41, 5.74) is 3.44. The third kappa shape index (κ3) is 4.40. The van der Waals surface area contributed by atoms with E-state index in [9.17, 15) is 13.2 Å². The van der Waals surface area contributed by atoms with Crippen LogP contribution in [-0.2, 0) is 21.2 Å². The Balaban J connectivity index is 1.86. The number of nitrogens with one attached hydrogen (secondary N) is 1. The van der Waals surface area contributed by atoms with E-state index >= 15 is 0 Å². The number of hydrogen-bond acceptors (Lipinski definition) is 4. The van der Waals surface area contributed by atoms with Gasteiger partial charge in [-0.2, -0.15) is 5.10 Å². The predicted molar refractivity (Wildman–Crippen MR) is 118 cm³/mol. The Morgan fingerprint density at radius 3 is 2.37 bits per heavy atom. The first-order valence-corrected chi connectivity index (χ1v) is 11.1. The predicted octanol–water partition coefficient (Wildman–Crippen LogP) is 3.57. The summed E-state index contributed by atoms with van der Waals surface area (Å²) in [4.78, 5) is 12.8. The van der Waals surface area contributed by atoms with Crippen LogP contribution in [-0.4, -0.2) is 42.5 Å². The number of anilines is 1. The van der Waals surface area contributed by atoms with Gasteiger partial charge in [0, 0.05) is 30.4 Å². The summed E-state index contributed by atoms with van der Waals surface area (Å²) in [5.74, 6) is -0.321. The molecular formula is C21H23ClN4O3S. The minimum atomic E-state index is -3.69. The summed E-state index contributed by atoms with van der Waals surface area (Å²) in [6.45, 7) is 3.73. The van der Waals surface area contributed by atoms with Crippen molar-refractivity contribution in [2.45, 2.75) is 25.2 Å². The molecule has 7 nitrogen and oxygen atoms in total. The number of rotatable bonds is 6. The zero-order chi connectivity index (χ0) is 22.1. The number of amides is 1. The van der Waals surface area contributed by atoms with Gasteiger partial charge in [-0.05, 0) is 50.2 Å². The van der Waals surface area contributed by atoms with Crippen LogP contribution >= 0.6 is 11.6 Å². The fourth-order valence-corrected chi connectivity index (χ4v) is 4.28. The van der Waals surface area contributed by atoms with Crippen molar-refractivity contribution < 1.29 is 13.2 Å². The molecule has 0 fully saturated rings. The highest BCUT2D eigenvalue weighted by Crippen LogP contribution is 2.24. The van der Waals surface area contributed by atoms with E-state index in [-0.39, 0.29) is 22.9 Å². The number of carbonyl (C=O) groups excluding carboxylic acids is 1. The van der Waals surface area contributed by atoms with Crippen molar-refractivity contribution in [1.82, 2.24) is 14.1 Å². The first kappa shape index (κ1) is 22.0. The zero-order valence-corrected chi connectivity index (χ0v) is 18.8. The van der Waals surface area contributed by atoms with Gasteiger partial charge in [-0.3, -0.25) is 4.79 Å². The number of halogens is 1. The molecule has 0 bridgehead atoms. The molecule has 1 aromatic heterocycles. The van der Waals surface area contributed by atoms with E-state index < -0.39 is 10.0 Å². The summed E-state index contributed by atoms with van der Waals surface area (Å²) in [6, 6.07) is 13.6. The van der Waals surface area contributed by atoms with Gasteiger partial charge in [0.1, 0.15) is 4.90 Å². The molecule has 0 aliphatic heterocycles. The van der Waals surface area contributed by atoms with E-state index in [1.165, 1.54) is 20.2 Å². The number of hydrogen-bond donors (Lipinski definition) is 1. The Kier molecular flexibility index (Phi) is 6.30. The Bertz CT molecular complexity index is 1190. The van der Waals surface area contributed by atoms with Crippen LogP contribution in [0.15, 0.2) is 53.4 Å². The molecule has 0 radical (unpaired) electrons. The van der Waals surface area contributed by atoms with E-state index in [0.717, 1.165) is 26.9 Å². The lowest BCUT2D eigenvalue weighted by Gasteiger charge is -2.15. The number of para-hydroxylation sites is 1. The fraction of sp³-hybridized carbons (Fsp3) is 0.238. The second-order valence-electron chi connectivity index (χ2n) is 7.05. The minimum Gasteiger partial charge on any atom is -0.325 e. The van der Waals surface area contributed by atoms with Gasteiger partial charge >= 0.3 is 0 Å². The van der Waals surface area contributed by atoms with Crippen LogP contribution in [0.2, 0.25) is 5.02 Å². The van der Waals surface area contributed by atoms with E-state index in [4.69, 9.17) is 11.6 Å². The number of nitrogens with zero attached hydrogens (tertiary/aromatic N) is 3. The fourth-order valence-electron chi connectivity index (χ4n) is 3.11. The molecule has 0 aliphatic carbocycles. The second-order valence-corrected chi connectivity index (χ2v) is 9.60. The van der Waals surface area contributed by atoms with E-state index in [2.05, 4.69) is 10.4 Å². The van der Waals surface area contributed by atoms with Gasteiger partial charge in [0.2, 0.25) is 15.9 Å². The Hall–Kier alpha value is -2.68. The summed E-state index contributed by atoms with van der Waals surface area (Å²) in [7, 11) is -0.786. The molecule has 3 rings (SSSR count). The van der Waals surface area contributed by atoms with Crippen LogP contribution in [0.25, 0.3) is 5.69 Å². The molecule has 0 saturated carbocycles. The number of carbonyl (C=O) groups is 1. The molecule has 1 N–H and O–H groups in total. The third-order valence-corrected chi connectivity index (χ3v) is 6.89. The number of aryl methyl sites for hydroxylation is 1. The molecule has 0 unspecified atom stereocenters. The van der Waals surface area contributed by atoms with Gasteiger partial charge in [-0.25, -0.2) is 17.4 Å². The molecule has 0 spiro atoms. The normalized spacial score (nSPS) is 11.7. The average Bonchev–Trinajstić information content (AvgIpc) is 2.97. The van der Waals surface area contributed by atoms with Crippen LogP contribution in [0.5, 0.6) is 0 Å². The zero-order valence-electron chi connectivity index (χ0n) is 17.2. The van der Waals surface area contributed by atoms with E-state index in [1.807, 2.05) is 26.0 Å². The van der Waals surface area contributed by atoms with Crippen LogP contribution in [0.4, 0.5) is 5.69 Å². The number of sulfonamides is 1. The number of benzene rings is 2. The van der Waals surface area contributed by atoms with Gasteiger partial charge in [0.05, 0.1) is 23.5 Å². The van der Waals surface area contributed by atoms with Gasteiger partial charge < -0.3 is 5.32 Å². The lowest BCUT2D eigenvalue weighted by atomic mass is 10.1. The van der Waals surface area contributed by atoms with Crippen molar-refractivity contribution in [1.29, 1.82) is 0 Å². The van der Waals surface area contributed by atoms with Crippen LogP contribution in [0, 0.1) is 13.8 Å². The molecule has 0 aliphatic rings. The highest BCUT2D eigenvalue weighted by atomic mass is 35.5. The summed E-state index contributed by atoms with van der Waals surface area (Å²) in [5, 5.41) is 7.90. The van der Waals surface area contributed by atoms with Crippen LogP contribution in [0.1, 0.15) is 17.0 Å². The van der Waals surface area contributed by atoms with Crippen molar-refractivity contribution in [3.63, 3.8) is 0 Å². The van der Waals surface area contributed by atoms with Crippen molar-refractivity contribution in [2.24, 2.45) is 0 Å². The summed E-state index contributed by atoms with van der Waals surface area (Å²) >= 11 is 5.96. The molecule has 3 aromatic rings. The molecule has 0 atom stereocenters. The van der Waals surface area contributed by atoms with Crippen molar-refractivity contribution >= 4 is 33.2 Å². The lowest BCUT2D eigenvalue weighted by Crippen LogP contribution is -2.24. The maximum absolute atomic E-state index is 12.8. The quantitative estimate of drug-likeness (QED) is 0.627. The van der Waals surface area contributed by atoms with Crippen molar-refractivity contribution in [3.8, 4) is 5.69 Å². The molecule has 0 saturated heterocycles. The Morgan fingerprint density at radius 2 is 1.73 bits per heavy atom. The first-order chi connectivity index (χ1) is 14.1. The molecule has 2 aromatic carbocycles. The molecule has 1 heterocycles. The first-order valence-electron chi connectivity index (χ1n) is 9.23. The van der Waals surface area contributed by atoms with Gasteiger partial charge in [0.15, 0.2) is 0 Å². The van der Waals surface area contributed by atoms with E-state index in [1.54, 1.807) is 35.0 Å². The summed E-state index contributed by atoms with van der Waals surface area (Å²) < 4.78 is 27.9. The molecular weight excluding hydrogens is 424 g/mol. The highest BCUT2D eigenvalue weighted by molar-refractivity contribution is 7.89. The summed E-state index contributed by atoms with van der Waals surface area (Å²) in [6.07, 6.45) is 0.0710. The monoisotopic (exact) mass is 446 g/mol. The van der Waals surface area contributed by atoms with Crippen LogP contribution < -0.4 is 5.32 Å². The highest BCUT2D eigenvalue weighted by Gasteiger charge is 2.23. The van der Waals surface area contributed by atoms with Gasteiger partial charge in [-0.1, -0.05) is 23.7 Å². The largest absolute Gasteiger partial charge is 0.325 e. The average molecular weight is 447 g/mol.